The second-order valence-corrected chi connectivity index (χ2v) is 4.13. The van der Waals surface area contributed by atoms with Crippen LogP contribution in [0, 0.1) is 5.92 Å². The normalized spacial score (nSPS) is 12.4. The van der Waals surface area contributed by atoms with E-state index < -0.39 is 0 Å². The summed E-state index contributed by atoms with van der Waals surface area (Å²) in [6.45, 7) is 3.22. The van der Waals surface area contributed by atoms with Gasteiger partial charge in [-0.25, -0.2) is 0 Å². The van der Waals surface area contributed by atoms with Gasteiger partial charge in [0, 0.05) is 30.5 Å². The molecule has 0 amide bonds. The Morgan fingerprint density at radius 2 is 2.07 bits per heavy atom. The van der Waals surface area contributed by atoms with Crippen molar-refractivity contribution >= 4 is 17.3 Å². The second-order valence-electron chi connectivity index (χ2n) is 3.75. The molecule has 1 rings (SSSR count). The maximum absolute atomic E-state index is 5.78. The van der Waals surface area contributed by atoms with Crippen molar-refractivity contribution in [1.82, 2.24) is 4.98 Å². The van der Waals surface area contributed by atoms with E-state index in [1.54, 1.807) is 12.4 Å². The Kier molecular flexibility index (Phi) is 6.17. The topological polar surface area (TPSA) is 24.9 Å². The number of pyridine rings is 1. The number of anilines is 1. The summed E-state index contributed by atoms with van der Waals surface area (Å²) < 4.78 is 0. The van der Waals surface area contributed by atoms with Crippen molar-refractivity contribution < 1.29 is 0 Å². The number of halogens is 1. The van der Waals surface area contributed by atoms with Crippen LogP contribution in [0.3, 0.4) is 0 Å². The van der Waals surface area contributed by atoms with Gasteiger partial charge in [-0.1, -0.05) is 13.3 Å². The van der Waals surface area contributed by atoms with Gasteiger partial charge in [-0.15, -0.1) is 11.6 Å². The third kappa shape index (κ3) is 5.03. The van der Waals surface area contributed by atoms with Gasteiger partial charge in [0.05, 0.1) is 0 Å². The summed E-state index contributed by atoms with van der Waals surface area (Å²) in [6, 6.07) is 3.98. The van der Waals surface area contributed by atoms with Crippen molar-refractivity contribution in [1.29, 1.82) is 0 Å². The molecule has 2 nitrogen and oxygen atoms in total. The van der Waals surface area contributed by atoms with Gasteiger partial charge in [0.2, 0.25) is 0 Å². The molecule has 1 unspecified atom stereocenters. The zero-order valence-corrected chi connectivity index (χ0v) is 10.0. The Morgan fingerprint density at radius 1 is 1.33 bits per heavy atom. The highest BCUT2D eigenvalue weighted by Crippen LogP contribution is 2.13. The molecule has 15 heavy (non-hydrogen) atoms. The molecular formula is C12H19ClN2. The Morgan fingerprint density at radius 3 is 2.67 bits per heavy atom. The predicted octanol–water partition coefficient (Wildman–Crippen LogP) is 3.54. The van der Waals surface area contributed by atoms with Gasteiger partial charge in [0.1, 0.15) is 0 Å². The first-order chi connectivity index (χ1) is 7.36. The predicted molar refractivity (Wildman–Crippen MR) is 66.5 cm³/mol. The van der Waals surface area contributed by atoms with Crippen molar-refractivity contribution in [3.8, 4) is 0 Å². The fourth-order valence-electron chi connectivity index (χ4n) is 1.64. The van der Waals surface area contributed by atoms with Gasteiger partial charge in [-0.3, -0.25) is 4.98 Å². The lowest BCUT2D eigenvalue weighted by Crippen LogP contribution is -2.14. The third-order valence-corrected chi connectivity index (χ3v) is 2.71. The van der Waals surface area contributed by atoms with E-state index in [4.69, 9.17) is 11.6 Å². The van der Waals surface area contributed by atoms with Crippen molar-refractivity contribution in [3.63, 3.8) is 0 Å². The van der Waals surface area contributed by atoms with E-state index in [9.17, 15) is 0 Å². The quantitative estimate of drug-likeness (QED) is 0.720. The molecule has 0 radical (unpaired) electrons. The van der Waals surface area contributed by atoms with Crippen molar-refractivity contribution in [3.05, 3.63) is 24.5 Å². The Balaban J connectivity index is 2.33. The molecule has 0 bridgehead atoms. The monoisotopic (exact) mass is 226 g/mol. The molecule has 1 heterocycles. The molecule has 3 heteroatoms. The van der Waals surface area contributed by atoms with Gasteiger partial charge < -0.3 is 5.32 Å². The molecule has 0 aliphatic rings. The van der Waals surface area contributed by atoms with Gasteiger partial charge in [0.25, 0.3) is 0 Å². The van der Waals surface area contributed by atoms with Crippen LogP contribution in [0.5, 0.6) is 0 Å². The smallest absolute Gasteiger partial charge is 0.0371 e. The molecule has 84 valence electrons. The van der Waals surface area contributed by atoms with Crippen LogP contribution in [-0.4, -0.2) is 17.4 Å². The minimum atomic E-state index is 0.681. The van der Waals surface area contributed by atoms with E-state index in [1.807, 2.05) is 12.1 Å². The van der Waals surface area contributed by atoms with Gasteiger partial charge in [0.15, 0.2) is 0 Å². The van der Waals surface area contributed by atoms with Crippen LogP contribution in [0.1, 0.15) is 26.2 Å². The van der Waals surface area contributed by atoms with E-state index in [0.29, 0.717) is 5.92 Å². The first-order valence-corrected chi connectivity index (χ1v) is 6.10. The van der Waals surface area contributed by atoms with E-state index in [0.717, 1.165) is 24.5 Å². The molecule has 0 saturated carbocycles. The minimum absolute atomic E-state index is 0.681. The van der Waals surface area contributed by atoms with Gasteiger partial charge in [-0.2, -0.15) is 0 Å². The summed E-state index contributed by atoms with van der Waals surface area (Å²) >= 11 is 5.78. The average molecular weight is 227 g/mol. The zero-order valence-electron chi connectivity index (χ0n) is 9.25. The highest BCUT2D eigenvalue weighted by molar-refractivity contribution is 6.17. The minimum Gasteiger partial charge on any atom is -0.385 e. The SMILES string of the molecule is CCCC(CCCl)CNc1ccncc1. The molecule has 1 aromatic heterocycles. The number of hydrogen-bond acceptors (Lipinski definition) is 2. The number of nitrogens with one attached hydrogen (secondary N) is 1. The van der Waals surface area contributed by atoms with Crippen LogP contribution in [-0.2, 0) is 0 Å². The van der Waals surface area contributed by atoms with E-state index in [-0.39, 0.29) is 0 Å². The summed E-state index contributed by atoms with van der Waals surface area (Å²) in [4.78, 5) is 3.98. The van der Waals surface area contributed by atoms with Crippen LogP contribution in [0.25, 0.3) is 0 Å². The van der Waals surface area contributed by atoms with E-state index >= 15 is 0 Å². The Bertz CT molecular complexity index is 245. The molecule has 1 N–H and O–H groups in total. The molecule has 0 aromatic carbocycles. The van der Waals surface area contributed by atoms with Gasteiger partial charge in [-0.05, 0) is 30.9 Å². The lowest BCUT2D eigenvalue weighted by atomic mass is 10.0. The van der Waals surface area contributed by atoms with Crippen LogP contribution < -0.4 is 5.32 Å². The van der Waals surface area contributed by atoms with Crippen LogP contribution in [0.2, 0.25) is 0 Å². The number of nitrogens with zero attached hydrogens (tertiary/aromatic N) is 1. The number of hydrogen-bond donors (Lipinski definition) is 1. The second kappa shape index (κ2) is 7.52. The summed E-state index contributed by atoms with van der Waals surface area (Å²) in [5.74, 6) is 1.43. The van der Waals surface area contributed by atoms with Crippen molar-refractivity contribution in [2.45, 2.75) is 26.2 Å². The first-order valence-electron chi connectivity index (χ1n) is 5.56. The largest absolute Gasteiger partial charge is 0.385 e. The fraction of sp³-hybridized carbons (Fsp3) is 0.583. The molecule has 0 aliphatic heterocycles. The Hall–Kier alpha value is -0.760. The molecule has 1 atom stereocenters. The molecule has 0 spiro atoms. The number of rotatable bonds is 7. The third-order valence-electron chi connectivity index (χ3n) is 2.49. The maximum Gasteiger partial charge on any atom is 0.0371 e. The molecule has 1 aromatic rings. The Labute approximate surface area is 97.1 Å². The standard InChI is InChI=1S/C12H19ClN2/c1-2-3-11(4-7-13)10-15-12-5-8-14-9-6-12/h5-6,8-9,11H,2-4,7,10H2,1H3,(H,14,15). The summed E-state index contributed by atoms with van der Waals surface area (Å²) in [7, 11) is 0. The van der Waals surface area contributed by atoms with Crippen molar-refractivity contribution in [2.75, 3.05) is 17.7 Å². The lowest BCUT2D eigenvalue weighted by Gasteiger charge is -2.16. The average Bonchev–Trinajstić information content (AvgIpc) is 2.28. The first kappa shape index (κ1) is 12.3. The molecule has 0 aliphatic carbocycles. The highest BCUT2D eigenvalue weighted by Gasteiger charge is 2.06. The molecular weight excluding hydrogens is 208 g/mol. The molecule has 0 fully saturated rings. The molecule has 0 saturated heterocycles. The summed E-state index contributed by atoms with van der Waals surface area (Å²) in [6.07, 6.45) is 7.16. The number of aromatic nitrogens is 1. The van der Waals surface area contributed by atoms with Crippen molar-refractivity contribution in [2.24, 2.45) is 5.92 Å². The zero-order chi connectivity index (χ0) is 10.9. The van der Waals surface area contributed by atoms with Crippen LogP contribution in [0.4, 0.5) is 5.69 Å². The number of alkyl halides is 1. The highest BCUT2D eigenvalue weighted by atomic mass is 35.5. The van der Waals surface area contributed by atoms with E-state index in [1.165, 1.54) is 12.8 Å². The van der Waals surface area contributed by atoms with Gasteiger partial charge >= 0.3 is 0 Å². The van der Waals surface area contributed by atoms with E-state index in [2.05, 4.69) is 17.2 Å². The van der Waals surface area contributed by atoms with Crippen LogP contribution >= 0.6 is 11.6 Å². The summed E-state index contributed by atoms with van der Waals surface area (Å²) in [5.41, 5.74) is 1.14. The lowest BCUT2D eigenvalue weighted by molar-refractivity contribution is 0.490. The van der Waals surface area contributed by atoms with Crippen LogP contribution in [0.15, 0.2) is 24.5 Å². The maximum atomic E-state index is 5.78. The summed E-state index contributed by atoms with van der Waals surface area (Å²) in [5, 5.41) is 3.42. The fourth-order valence-corrected chi connectivity index (χ4v) is 1.95.